The monoisotopic (exact) mass is 294 g/mol. The maximum absolute atomic E-state index is 4.45. The van der Waals surface area contributed by atoms with Crippen LogP contribution in [0.25, 0.3) is 0 Å². The maximum Gasteiger partial charge on any atom is 0.136 e. The fourth-order valence-electron chi connectivity index (χ4n) is 2.11. The van der Waals surface area contributed by atoms with Gasteiger partial charge in [-0.15, -0.1) is 24.8 Å². The van der Waals surface area contributed by atoms with Gasteiger partial charge in [-0.1, -0.05) is 0 Å². The van der Waals surface area contributed by atoms with E-state index in [2.05, 4.69) is 20.2 Å². The van der Waals surface area contributed by atoms with E-state index in [1.807, 2.05) is 11.8 Å². The summed E-state index contributed by atoms with van der Waals surface area (Å²) in [5, 5.41) is 3.36. The van der Waals surface area contributed by atoms with Crippen molar-refractivity contribution in [1.82, 2.24) is 15.3 Å². The molecular formula is C10H16Cl2N4S. The topological polar surface area (TPSA) is 41.1 Å². The predicted octanol–water partition coefficient (Wildman–Crippen LogP) is 1.48. The van der Waals surface area contributed by atoms with Gasteiger partial charge in [-0.3, -0.25) is 0 Å². The number of fused-ring (bicyclic) bond motifs is 1. The minimum atomic E-state index is 0. The summed E-state index contributed by atoms with van der Waals surface area (Å²) >= 11 is 1.94. The van der Waals surface area contributed by atoms with E-state index in [1.54, 1.807) is 6.33 Å². The van der Waals surface area contributed by atoms with E-state index < -0.39 is 0 Å². The van der Waals surface area contributed by atoms with Crippen molar-refractivity contribution >= 4 is 42.4 Å². The molecule has 3 rings (SSSR count). The van der Waals surface area contributed by atoms with E-state index in [-0.39, 0.29) is 24.8 Å². The van der Waals surface area contributed by atoms with Crippen LogP contribution in [0.2, 0.25) is 0 Å². The van der Waals surface area contributed by atoms with Crippen molar-refractivity contribution in [2.45, 2.75) is 11.5 Å². The Morgan fingerprint density at radius 1 is 1.12 bits per heavy atom. The van der Waals surface area contributed by atoms with Crippen molar-refractivity contribution in [2.75, 3.05) is 31.1 Å². The van der Waals surface area contributed by atoms with Crippen LogP contribution < -0.4 is 10.2 Å². The molecule has 0 saturated carbocycles. The standard InChI is InChI=1S/C10H14N4S.2ClH/c1-3-14(4-2-11-1)10-8-5-15-6-9(8)12-7-13-10;;/h7,11H,1-6H2;2*1H. The number of nitrogens with one attached hydrogen (secondary N) is 1. The molecule has 2 aliphatic rings. The molecule has 0 radical (unpaired) electrons. The third-order valence-corrected chi connectivity index (χ3v) is 3.88. The number of anilines is 1. The number of aromatic nitrogens is 2. The van der Waals surface area contributed by atoms with Gasteiger partial charge >= 0.3 is 0 Å². The molecule has 2 aliphatic heterocycles. The van der Waals surface area contributed by atoms with Crippen LogP contribution in [0.4, 0.5) is 5.82 Å². The molecule has 0 aliphatic carbocycles. The van der Waals surface area contributed by atoms with E-state index in [9.17, 15) is 0 Å². The summed E-state index contributed by atoms with van der Waals surface area (Å²) in [6, 6.07) is 0. The van der Waals surface area contributed by atoms with Gasteiger partial charge in [-0.25, -0.2) is 9.97 Å². The fraction of sp³-hybridized carbons (Fsp3) is 0.600. The number of hydrogen-bond acceptors (Lipinski definition) is 5. The second kappa shape index (κ2) is 6.64. The SMILES string of the molecule is Cl.Cl.c1nc2c(c(N3CCNCC3)n1)CSC2. The van der Waals surface area contributed by atoms with Crippen molar-refractivity contribution < 1.29 is 0 Å². The van der Waals surface area contributed by atoms with Crippen LogP contribution in [-0.2, 0) is 11.5 Å². The van der Waals surface area contributed by atoms with Crippen LogP contribution in [-0.4, -0.2) is 36.1 Å². The average Bonchev–Trinajstić information content (AvgIpc) is 2.78. The van der Waals surface area contributed by atoms with Gasteiger partial charge in [0, 0.05) is 43.2 Å². The number of rotatable bonds is 1. The van der Waals surface area contributed by atoms with Crippen LogP contribution in [0.15, 0.2) is 6.33 Å². The first-order valence-corrected chi connectivity index (χ1v) is 6.47. The molecule has 7 heteroatoms. The molecule has 1 aromatic heterocycles. The number of piperazine rings is 1. The number of thioether (sulfide) groups is 1. The maximum atomic E-state index is 4.45. The molecule has 0 unspecified atom stereocenters. The first-order valence-electron chi connectivity index (χ1n) is 5.31. The first-order chi connectivity index (χ1) is 7.45. The quantitative estimate of drug-likeness (QED) is 0.850. The largest absolute Gasteiger partial charge is 0.354 e. The van der Waals surface area contributed by atoms with E-state index >= 15 is 0 Å². The molecule has 0 aromatic carbocycles. The summed E-state index contributed by atoms with van der Waals surface area (Å²) in [5.74, 6) is 3.30. The van der Waals surface area contributed by atoms with Crippen molar-refractivity contribution in [3.8, 4) is 0 Å². The van der Waals surface area contributed by atoms with Crippen molar-refractivity contribution in [3.05, 3.63) is 17.6 Å². The molecule has 3 heterocycles. The minimum absolute atomic E-state index is 0. The van der Waals surface area contributed by atoms with Gasteiger partial charge in [-0.05, 0) is 0 Å². The Labute approximate surface area is 118 Å². The summed E-state index contributed by atoms with van der Waals surface area (Å²) in [7, 11) is 0. The van der Waals surface area contributed by atoms with Crippen molar-refractivity contribution in [2.24, 2.45) is 0 Å². The molecule has 96 valence electrons. The highest BCUT2D eigenvalue weighted by Crippen LogP contribution is 2.33. The molecule has 1 N–H and O–H groups in total. The lowest BCUT2D eigenvalue weighted by atomic mass is 10.2. The summed E-state index contributed by atoms with van der Waals surface area (Å²) in [6.45, 7) is 4.25. The third kappa shape index (κ3) is 2.96. The highest BCUT2D eigenvalue weighted by molar-refractivity contribution is 7.98. The van der Waals surface area contributed by atoms with Crippen LogP contribution in [0, 0.1) is 0 Å². The Morgan fingerprint density at radius 2 is 1.88 bits per heavy atom. The van der Waals surface area contributed by atoms with Gasteiger partial charge in [0.15, 0.2) is 0 Å². The van der Waals surface area contributed by atoms with E-state index in [0.717, 1.165) is 37.7 Å². The van der Waals surface area contributed by atoms with Crippen molar-refractivity contribution in [3.63, 3.8) is 0 Å². The Morgan fingerprint density at radius 3 is 2.65 bits per heavy atom. The first kappa shape index (κ1) is 14.8. The number of nitrogens with zero attached hydrogens (tertiary/aromatic N) is 3. The average molecular weight is 295 g/mol. The van der Waals surface area contributed by atoms with Crippen LogP contribution in [0.3, 0.4) is 0 Å². The second-order valence-corrected chi connectivity index (χ2v) is 4.84. The lowest BCUT2D eigenvalue weighted by Crippen LogP contribution is -2.44. The van der Waals surface area contributed by atoms with Crippen molar-refractivity contribution in [1.29, 1.82) is 0 Å². The summed E-state index contributed by atoms with van der Waals surface area (Å²) in [4.78, 5) is 11.2. The molecule has 0 atom stereocenters. The summed E-state index contributed by atoms with van der Waals surface area (Å²) < 4.78 is 0. The summed E-state index contributed by atoms with van der Waals surface area (Å²) in [5.41, 5.74) is 2.60. The minimum Gasteiger partial charge on any atom is -0.354 e. The van der Waals surface area contributed by atoms with Gasteiger partial charge < -0.3 is 10.2 Å². The fourth-order valence-corrected chi connectivity index (χ4v) is 3.15. The molecule has 17 heavy (non-hydrogen) atoms. The lowest BCUT2D eigenvalue weighted by molar-refractivity contribution is 0.583. The van der Waals surface area contributed by atoms with E-state index in [1.165, 1.54) is 17.1 Å². The lowest BCUT2D eigenvalue weighted by Gasteiger charge is -2.29. The molecular weight excluding hydrogens is 279 g/mol. The zero-order chi connectivity index (χ0) is 10.1. The van der Waals surface area contributed by atoms with Gasteiger partial charge in [0.25, 0.3) is 0 Å². The normalized spacial score (nSPS) is 18.0. The third-order valence-electron chi connectivity index (χ3n) is 2.91. The number of halogens is 2. The summed E-state index contributed by atoms with van der Waals surface area (Å²) in [6.07, 6.45) is 1.71. The van der Waals surface area contributed by atoms with E-state index in [4.69, 9.17) is 0 Å². The molecule has 1 fully saturated rings. The Kier molecular flexibility index (Phi) is 5.79. The van der Waals surface area contributed by atoms with Gasteiger partial charge in [-0.2, -0.15) is 11.8 Å². The van der Waals surface area contributed by atoms with Crippen LogP contribution >= 0.6 is 36.6 Å². The number of hydrogen-bond donors (Lipinski definition) is 1. The smallest absolute Gasteiger partial charge is 0.136 e. The molecule has 1 saturated heterocycles. The second-order valence-electron chi connectivity index (χ2n) is 3.85. The van der Waals surface area contributed by atoms with E-state index in [0.29, 0.717) is 0 Å². The Balaban J connectivity index is 0.000000722. The Hall–Kier alpha value is -0.230. The van der Waals surface area contributed by atoms with Crippen LogP contribution in [0.1, 0.15) is 11.3 Å². The highest BCUT2D eigenvalue weighted by Gasteiger charge is 2.22. The van der Waals surface area contributed by atoms with Gasteiger partial charge in [0.1, 0.15) is 12.1 Å². The molecule has 1 aromatic rings. The molecule has 0 spiro atoms. The van der Waals surface area contributed by atoms with Crippen LogP contribution in [0.5, 0.6) is 0 Å². The highest BCUT2D eigenvalue weighted by atomic mass is 35.5. The molecule has 0 amide bonds. The molecule has 4 nitrogen and oxygen atoms in total. The predicted molar refractivity (Wildman–Crippen MR) is 76.6 cm³/mol. The van der Waals surface area contributed by atoms with Gasteiger partial charge in [0.05, 0.1) is 5.69 Å². The Bertz CT molecular complexity index is 371. The molecule has 0 bridgehead atoms. The zero-order valence-electron chi connectivity index (χ0n) is 9.39. The van der Waals surface area contributed by atoms with Gasteiger partial charge in [0.2, 0.25) is 0 Å². The zero-order valence-corrected chi connectivity index (χ0v) is 11.8.